The smallest absolute Gasteiger partial charge is 0.290 e. The fourth-order valence-electron chi connectivity index (χ4n) is 1.68. The van der Waals surface area contributed by atoms with Gasteiger partial charge in [-0.05, 0) is 17.7 Å². The zero-order valence-electron chi connectivity index (χ0n) is 9.12. The second-order valence-corrected chi connectivity index (χ2v) is 3.77. The molecule has 1 nitrogen and oxygen atoms in total. The summed E-state index contributed by atoms with van der Waals surface area (Å²) in [6, 6.07) is 0.147. The standard InChI is InChI=1S/C10H4F9O/c11-8(12,13)7(9(14,15)16,10(17,18)19)5-1-3-6(20)4-2-5/h1-4H. The zero-order chi connectivity index (χ0) is 16.0. The molecule has 0 aliphatic carbocycles. The number of halogens is 9. The minimum absolute atomic E-state index is 0.128. The van der Waals surface area contributed by atoms with Gasteiger partial charge in [-0.2, -0.15) is 39.5 Å². The van der Waals surface area contributed by atoms with E-state index >= 15 is 0 Å². The van der Waals surface area contributed by atoms with Crippen LogP contribution in [0.1, 0.15) is 5.56 Å². The Bertz CT molecular complexity index is 429. The monoisotopic (exact) mass is 311 g/mol. The molecule has 0 saturated carbocycles. The van der Waals surface area contributed by atoms with Crippen LogP contribution in [0.25, 0.3) is 0 Å². The Hall–Kier alpha value is -1.61. The molecule has 0 unspecified atom stereocenters. The van der Waals surface area contributed by atoms with Crippen LogP contribution in [0, 0.1) is 0 Å². The average molecular weight is 311 g/mol. The van der Waals surface area contributed by atoms with Crippen LogP contribution >= 0.6 is 0 Å². The van der Waals surface area contributed by atoms with Crippen molar-refractivity contribution >= 4 is 0 Å². The minimum Gasteiger partial charge on any atom is -0.290 e. The third-order valence-electron chi connectivity index (χ3n) is 2.56. The highest BCUT2D eigenvalue weighted by Gasteiger charge is 2.84. The van der Waals surface area contributed by atoms with Gasteiger partial charge in [-0.1, -0.05) is 12.1 Å². The molecule has 0 N–H and O–H groups in total. The molecule has 1 radical (unpaired) electrons. The van der Waals surface area contributed by atoms with Gasteiger partial charge in [0, 0.05) is 0 Å². The van der Waals surface area contributed by atoms with E-state index in [0.717, 1.165) is 0 Å². The second kappa shape index (κ2) is 4.45. The molecule has 1 aromatic carbocycles. The molecule has 0 aromatic heterocycles. The van der Waals surface area contributed by atoms with Crippen molar-refractivity contribution < 1.29 is 44.6 Å². The summed E-state index contributed by atoms with van der Waals surface area (Å²) in [6.07, 6.45) is -20.0. The van der Waals surface area contributed by atoms with Gasteiger partial charge in [0.25, 0.3) is 5.41 Å². The van der Waals surface area contributed by atoms with Gasteiger partial charge < -0.3 is 0 Å². The Morgan fingerprint density at radius 1 is 0.600 bits per heavy atom. The summed E-state index contributed by atoms with van der Waals surface area (Å²) in [5.41, 5.74) is -8.15. The fraction of sp³-hybridized carbons (Fsp3) is 0.400. The predicted octanol–water partition coefficient (Wildman–Crippen LogP) is 4.76. The highest BCUT2D eigenvalue weighted by atomic mass is 19.4. The van der Waals surface area contributed by atoms with E-state index in [0.29, 0.717) is 0 Å². The van der Waals surface area contributed by atoms with E-state index in [1.165, 1.54) is 0 Å². The third-order valence-corrected chi connectivity index (χ3v) is 2.56. The second-order valence-electron chi connectivity index (χ2n) is 3.77. The Morgan fingerprint density at radius 2 is 0.900 bits per heavy atom. The van der Waals surface area contributed by atoms with Gasteiger partial charge in [0.05, 0.1) is 0 Å². The molecule has 0 bridgehead atoms. The molecule has 0 atom stereocenters. The van der Waals surface area contributed by atoms with Gasteiger partial charge in [-0.3, -0.25) is 5.11 Å². The van der Waals surface area contributed by atoms with Gasteiger partial charge in [0.2, 0.25) is 0 Å². The lowest BCUT2D eigenvalue weighted by Crippen LogP contribution is -2.63. The zero-order valence-corrected chi connectivity index (χ0v) is 9.12. The maximum absolute atomic E-state index is 12.6. The van der Waals surface area contributed by atoms with Crippen molar-refractivity contribution in [2.45, 2.75) is 23.9 Å². The number of alkyl halides is 9. The van der Waals surface area contributed by atoms with E-state index in [9.17, 15) is 44.6 Å². The Morgan fingerprint density at radius 3 is 1.15 bits per heavy atom. The summed E-state index contributed by atoms with van der Waals surface area (Å²) in [4.78, 5) is 0. The quantitative estimate of drug-likeness (QED) is 0.667. The van der Waals surface area contributed by atoms with Crippen LogP contribution in [0.3, 0.4) is 0 Å². The summed E-state index contributed by atoms with van der Waals surface area (Å²) in [5, 5.41) is 10.7. The molecule has 0 saturated heterocycles. The largest absolute Gasteiger partial charge is 0.416 e. The van der Waals surface area contributed by atoms with E-state index in [2.05, 4.69) is 0 Å². The maximum atomic E-state index is 12.6. The van der Waals surface area contributed by atoms with Crippen LogP contribution in [-0.2, 0) is 10.5 Å². The summed E-state index contributed by atoms with van der Waals surface area (Å²) in [5.74, 6) is -1.02. The first kappa shape index (κ1) is 16.4. The van der Waals surface area contributed by atoms with Crippen LogP contribution in [0.5, 0.6) is 5.75 Å². The van der Waals surface area contributed by atoms with E-state index < -0.39 is 35.3 Å². The molecule has 0 aliphatic heterocycles. The molecule has 0 heterocycles. The minimum atomic E-state index is -6.67. The lowest BCUT2D eigenvalue weighted by molar-refractivity contribution is -0.387. The normalized spacial score (nSPS) is 14.4. The maximum Gasteiger partial charge on any atom is 0.416 e. The average Bonchev–Trinajstić information content (AvgIpc) is 2.14. The number of hydrogen-bond acceptors (Lipinski definition) is 0. The Labute approximate surface area is 105 Å². The predicted molar refractivity (Wildman–Crippen MR) is 46.4 cm³/mol. The van der Waals surface area contributed by atoms with Gasteiger partial charge in [-0.25, -0.2) is 0 Å². The van der Waals surface area contributed by atoms with Crippen LogP contribution in [0.4, 0.5) is 39.5 Å². The van der Waals surface area contributed by atoms with Crippen molar-refractivity contribution in [3.05, 3.63) is 29.8 Å². The highest BCUT2D eigenvalue weighted by molar-refractivity contribution is 5.36. The van der Waals surface area contributed by atoms with Crippen molar-refractivity contribution in [1.29, 1.82) is 0 Å². The lowest BCUT2D eigenvalue weighted by Gasteiger charge is -2.38. The number of rotatable bonds is 1. The first-order valence-electron chi connectivity index (χ1n) is 4.73. The third kappa shape index (κ3) is 2.27. The molecule has 0 spiro atoms. The first-order chi connectivity index (χ1) is 8.75. The van der Waals surface area contributed by atoms with E-state index in [1.54, 1.807) is 0 Å². The molecule has 0 fully saturated rings. The molecule has 113 valence electrons. The topological polar surface area (TPSA) is 19.9 Å². The molecular formula is C10H4F9O. The summed E-state index contributed by atoms with van der Waals surface area (Å²) in [7, 11) is 0. The van der Waals surface area contributed by atoms with E-state index in [1.807, 2.05) is 0 Å². The fourth-order valence-corrected chi connectivity index (χ4v) is 1.68. The van der Waals surface area contributed by atoms with Crippen molar-refractivity contribution in [2.24, 2.45) is 0 Å². The summed E-state index contributed by atoms with van der Waals surface area (Å²) in [6.45, 7) is 0. The van der Waals surface area contributed by atoms with Gasteiger partial charge in [0.15, 0.2) is 5.75 Å². The summed E-state index contributed by atoms with van der Waals surface area (Å²) >= 11 is 0. The number of hydrogen-bond donors (Lipinski definition) is 0. The van der Waals surface area contributed by atoms with Crippen LogP contribution < -0.4 is 0 Å². The summed E-state index contributed by atoms with van der Waals surface area (Å²) < 4.78 is 114. The van der Waals surface area contributed by atoms with Crippen LogP contribution in [-0.4, -0.2) is 18.5 Å². The Balaban J connectivity index is 3.77. The molecule has 10 heteroatoms. The van der Waals surface area contributed by atoms with Gasteiger partial charge >= 0.3 is 18.5 Å². The van der Waals surface area contributed by atoms with Gasteiger partial charge in [0.1, 0.15) is 0 Å². The van der Waals surface area contributed by atoms with Crippen molar-refractivity contribution in [3.63, 3.8) is 0 Å². The molecule has 1 aromatic rings. The SMILES string of the molecule is [O]c1ccc(C(C(F)(F)F)(C(F)(F)F)C(F)(F)F)cc1. The van der Waals surface area contributed by atoms with Crippen LogP contribution in [0.15, 0.2) is 24.3 Å². The van der Waals surface area contributed by atoms with E-state index in [4.69, 9.17) is 0 Å². The first-order valence-corrected chi connectivity index (χ1v) is 4.73. The lowest BCUT2D eigenvalue weighted by atomic mass is 9.78. The Kier molecular flexibility index (Phi) is 3.66. The van der Waals surface area contributed by atoms with Crippen molar-refractivity contribution in [1.82, 2.24) is 0 Å². The highest BCUT2D eigenvalue weighted by Crippen LogP contribution is 2.60. The molecule has 0 amide bonds. The van der Waals surface area contributed by atoms with Crippen molar-refractivity contribution in [3.8, 4) is 5.75 Å². The number of benzene rings is 1. The van der Waals surface area contributed by atoms with E-state index in [-0.39, 0.29) is 24.3 Å². The molecular weight excluding hydrogens is 307 g/mol. The van der Waals surface area contributed by atoms with Crippen molar-refractivity contribution in [2.75, 3.05) is 0 Å². The molecule has 1 rings (SSSR count). The molecule has 0 aliphatic rings. The molecule has 20 heavy (non-hydrogen) atoms. The van der Waals surface area contributed by atoms with Crippen LogP contribution in [0.2, 0.25) is 0 Å². The van der Waals surface area contributed by atoms with Gasteiger partial charge in [-0.15, -0.1) is 0 Å².